The Labute approximate surface area is 122 Å². The molecule has 0 aromatic heterocycles. The molecule has 1 N–H and O–H groups in total. The van der Waals surface area contributed by atoms with Crippen LogP contribution in [0.4, 0.5) is 0 Å². The van der Waals surface area contributed by atoms with Gasteiger partial charge >= 0.3 is 0 Å². The fourth-order valence-electron chi connectivity index (χ4n) is 4.02. The van der Waals surface area contributed by atoms with E-state index < -0.39 is 0 Å². The Kier molecular flexibility index (Phi) is 4.02. The summed E-state index contributed by atoms with van der Waals surface area (Å²) in [5.74, 6) is 1.71. The second-order valence-corrected chi connectivity index (χ2v) is 6.95. The molecule has 1 aliphatic heterocycles. The van der Waals surface area contributed by atoms with Crippen LogP contribution in [0.5, 0.6) is 5.75 Å². The molecule has 1 fully saturated rings. The number of ether oxygens (including phenoxy) is 1. The van der Waals surface area contributed by atoms with Crippen LogP contribution in [0.25, 0.3) is 0 Å². The van der Waals surface area contributed by atoms with Crippen molar-refractivity contribution in [3.63, 3.8) is 0 Å². The lowest BCUT2D eigenvalue weighted by Crippen LogP contribution is -2.29. The van der Waals surface area contributed by atoms with Gasteiger partial charge in [0.15, 0.2) is 0 Å². The Morgan fingerprint density at radius 3 is 3.05 bits per heavy atom. The largest absolute Gasteiger partial charge is 0.493 e. The van der Waals surface area contributed by atoms with Crippen molar-refractivity contribution in [2.45, 2.75) is 57.9 Å². The molecule has 0 saturated heterocycles. The van der Waals surface area contributed by atoms with E-state index in [9.17, 15) is 0 Å². The molecule has 0 bridgehead atoms. The van der Waals surface area contributed by atoms with Gasteiger partial charge in [-0.25, -0.2) is 0 Å². The van der Waals surface area contributed by atoms with Gasteiger partial charge in [-0.05, 0) is 50.1 Å². The van der Waals surface area contributed by atoms with Gasteiger partial charge in [0, 0.05) is 17.5 Å². The van der Waals surface area contributed by atoms with E-state index in [2.05, 4.69) is 43.4 Å². The standard InChI is InChI=1S/C18H27NO/c1-3-10-19-15-8-9-18(2,12-15)11-14-13-20-17-7-5-4-6-16(14)17/h4-7,14-15,19H,3,8-13H2,1-2H3. The molecule has 0 spiro atoms. The van der Waals surface area contributed by atoms with E-state index in [-0.39, 0.29) is 0 Å². The van der Waals surface area contributed by atoms with Gasteiger partial charge in [-0.15, -0.1) is 0 Å². The highest BCUT2D eigenvalue weighted by Gasteiger charge is 2.38. The van der Waals surface area contributed by atoms with Gasteiger partial charge in [0.05, 0.1) is 6.61 Å². The molecular formula is C18H27NO. The first-order valence-electron chi connectivity index (χ1n) is 8.15. The maximum atomic E-state index is 5.84. The third-order valence-electron chi connectivity index (χ3n) is 5.06. The molecule has 3 unspecified atom stereocenters. The van der Waals surface area contributed by atoms with E-state index in [4.69, 9.17) is 4.74 Å². The third kappa shape index (κ3) is 2.85. The van der Waals surface area contributed by atoms with Crippen molar-refractivity contribution in [2.24, 2.45) is 5.41 Å². The molecule has 3 rings (SSSR count). The molecule has 1 aromatic carbocycles. The lowest BCUT2D eigenvalue weighted by Gasteiger charge is -2.27. The highest BCUT2D eigenvalue weighted by Crippen LogP contribution is 2.47. The van der Waals surface area contributed by atoms with Crippen LogP contribution in [0.2, 0.25) is 0 Å². The summed E-state index contributed by atoms with van der Waals surface area (Å²) >= 11 is 0. The fraction of sp³-hybridized carbons (Fsp3) is 0.667. The number of hydrogen-bond donors (Lipinski definition) is 1. The third-order valence-corrected chi connectivity index (χ3v) is 5.06. The Balaban J connectivity index is 1.61. The summed E-state index contributed by atoms with van der Waals surface area (Å²) < 4.78 is 5.84. The first-order valence-corrected chi connectivity index (χ1v) is 8.15. The molecule has 3 atom stereocenters. The van der Waals surface area contributed by atoms with Crippen LogP contribution in [-0.4, -0.2) is 19.2 Å². The van der Waals surface area contributed by atoms with Crippen molar-refractivity contribution in [3.05, 3.63) is 29.8 Å². The van der Waals surface area contributed by atoms with Crippen LogP contribution in [0, 0.1) is 5.41 Å². The van der Waals surface area contributed by atoms with Crippen LogP contribution >= 0.6 is 0 Å². The fourth-order valence-corrected chi connectivity index (χ4v) is 4.02. The molecule has 2 heteroatoms. The first kappa shape index (κ1) is 13.9. The zero-order valence-corrected chi connectivity index (χ0v) is 12.8. The summed E-state index contributed by atoms with van der Waals surface area (Å²) in [6.45, 7) is 6.76. The minimum Gasteiger partial charge on any atom is -0.493 e. The lowest BCUT2D eigenvalue weighted by molar-refractivity contribution is 0.240. The number of hydrogen-bond acceptors (Lipinski definition) is 2. The van der Waals surface area contributed by atoms with Crippen molar-refractivity contribution in [3.8, 4) is 5.75 Å². The molecule has 1 aliphatic carbocycles. The van der Waals surface area contributed by atoms with E-state index in [0.717, 1.165) is 24.9 Å². The summed E-state index contributed by atoms with van der Waals surface area (Å²) in [7, 11) is 0. The molecule has 20 heavy (non-hydrogen) atoms. The number of rotatable bonds is 5. The summed E-state index contributed by atoms with van der Waals surface area (Å²) in [6.07, 6.45) is 6.52. The SMILES string of the molecule is CCCNC1CCC(C)(CC2COc3ccccc32)C1. The molecular weight excluding hydrogens is 246 g/mol. The number of fused-ring (bicyclic) bond motifs is 1. The predicted molar refractivity (Wildman–Crippen MR) is 83.3 cm³/mol. The van der Waals surface area contributed by atoms with E-state index in [1.165, 1.54) is 37.7 Å². The lowest BCUT2D eigenvalue weighted by atomic mass is 9.78. The molecule has 0 amide bonds. The monoisotopic (exact) mass is 273 g/mol. The summed E-state index contributed by atoms with van der Waals surface area (Å²) in [6, 6.07) is 9.31. The minimum absolute atomic E-state index is 0.483. The second kappa shape index (κ2) is 5.77. The maximum Gasteiger partial charge on any atom is 0.122 e. The number of para-hydroxylation sites is 1. The van der Waals surface area contributed by atoms with Gasteiger partial charge < -0.3 is 10.1 Å². The van der Waals surface area contributed by atoms with Crippen molar-refractivity contribution in [1.29, 1.82) is 0 Å². The highest BCUT2D eigenvalue weighted by molar-refractivity contribution is 5.39. The summed E-state index contributed by atoms with van der Waals surface area (Å²) in [4.78, 5) is 0. The van der Waals surface area contributed by atoms with Crippen molar-refractivity contribution in [2.75, 3.05) is 13.2 Å². The van der Waals surface area contributed by atoms with Crippen LogP contribution in [0.15, 0.2) is 24.3 Å². The normalized spacial score (nSPS) is 32.1. The van der Waals surface area contributed by atoms with Crippen LogP contribution < -0.4 is 10.1 Å². The highest BCUT2D eigenvalue weighted by atomic mass is 16.5. The topological polar surface area (TPSA) is 21.3 Å². The van der Waals surface area contributed by atoms with Crippen molar-refractivity contribution >= 4 is 0 Å². The molecule has 110 valence electrons. The Hall–Kier alpha value is -1.02. The van der Waals surface area contributed by atoms with Gasteiger partial charge in [-0.1, -0.05) is 32.0 Å². The average molecular weight is 273 g/mol. The predicted octanol–water partition coefficient (Wildman–Crippen LogP) is 4.11. The van der Waals surface area contributed by atoms with Crippen molar-refractivity contribution < 1.29 is 4.74 Å². The molecule has 1 aromatic rings. The zero-order valence-electron chi connectivity index (χ0n) is 12.8. The van der Waals surface area contributed by atoms with Gasteiger partial charge in [-0.3, -0.25) is 0 Å². The Morgan fingerprint density at radius 1 is 1.35 bits per heavy atom. The maximum absolute atomic E-state index is 5.84. The Morgan fingerprint density at radius 2 is 2.20 bits per heavy atom. The van der Waals surface area contributed by atoms with Gasteiger partial charge in [0.25, 0.3) is 0 Å². The van der Waals surface area contributed by atoms with Gasteiger partial charge in [0.1, 0.15) is 5.75 Å². The quantitative estimate of drug-likeness (QED) is 0.871. The smallest absolute Gasteiger partial charge is 0.122 e. The Bertz CT molecular complexity index is 458. The second-order valence-electron chi connectivity index (χ2n) is 6.95. The van der Waals surface area contributed by atoms with Crippen LogP contribution in [-0.2, 0) is 0 Å². The van der Waals surface area contributed by atoms with Crippen LogP contribution in [0.1, 0.15) is 57.4 Å². The van der Waals surface area contributed by atoms with E-state index >= 15 is 0 Å². The molecule has 2 aliphatic rings. The summed E-state index contributed by atoms with van der Waals surface area (Å²) in [5.41, 5.74) is 1.91. The molecule has 0 radical (unpaired) electrons. The van der Waals surface area contributed by atoms with Gasteiger partial charge in [-0.2, -0.15) is 0 Å². The zero-order chi connectivity index (χ0) is 14.0. The van der Waals surface area contributed by atoms with E-state index in [0.29, 0.717) is 11.3 Å². The van der Waals surface area contributed by atoms with E-state index in [1.807, 2.05) is 0 Å². The minimum atomic E-state index is 0.483. The van der Waals surface area contributed by atoms with E-state index in [1.54, 1.807) is 0 Å². The number of nitrogens with one attached hydrogen (secondary N) is 1. The van der Waals surface area contributed by atoms with Crippen LogP contribution in [0.3, 0.4) is 0 Å². The van der Waals surface area contributed by atoms with Crippen molar-refractivity contribution in [1.82, 2.24) is 5.32 Å². The summed E-state index contributed by atoms with van der Waals surface area (Å²) in [5, 5.41) is 3.70. The van der Waals surface area contributed by atoms with Gasteiger partial charge in [0.2, 0.25) is 0 Å². The molecule has 2 nitrogen and oxygen atoms in total. The molecule has 1 heterocycles. The number of benzene rings is 1. The average Bonchev–Trinajstić information content (AvgIpc) is 3.02. The first-order chi connectivity index (χ1) is 9.70. The molecule has 1 saturated carbocycles.